The van der Waals surface area contributed by atoms with E-state index in [0.29, 0.717) is 29.4 Å². The van der Waals surface area contributed by atoms with E-state index >= 15 is 0 Å². The summed E-state index contributed by atoms with van der Waals surface area (Å²) >= 11 is 0. The molecule has 23 heavy (non-hydrogen) atoms. The summed E-state index contributed by atoms with van der Waals surface area (Å²) in [6.45, 7) is 1.19. The average Bonchev–Trinajstić information content (AvgIpc) is 3.13. The van der Waals surface area contributed by atoms with Crippen LogP contribution < -0.4 is 9.47 Å². The molecule has 5 rings (SSSR count). The van der Waals surface area contributed by atoms with Crippen molar-refractivity contribution in [1.82, 2.24) is 4.90 Å². The van der Waals surface area contributed by atoms with E-state index in [1.54, 1.807) is 6.07 Å². The van der Waals surface area contributed by atoms with Crippen LogP contribution in [-0.4, -0.2) is 54.6 Å². The molecular formula is C17H19NO5. The van der Waals surface area contributed by atoms with E-state index in [1.807, 2.05) is 6.07 Å². The van der Waals surface area contributed by atoms with Crippen molar-refractivity contribution in [3.05, 3.63) is 23.3 Å². The molecule has 1 saturated heterocycles. The Morgan fingerprint density at radius 1 is 1.26 bits per heavy atom. The van der Waals surface area contributed by atoms with E-state index in [0.717, 1.165) is 18.5 Å². The van der Waals surface area contributed by atoms with Crippen molar-refractivity contribution in [1.29, 1.82) is 0 Å². The number of likely N-dealkylation sites (tertiary alicyclic amines) is 1. The molecule has 4 aliphatic rings. The molecular weight excluding hydrogens is 298 g/mol. The van der Waals surface area contributed by atoms with Gasteiger partial charge in [0, 0.05) is 12.0 Å². The minimum atomic E-state index is -0.602. The number of carbonyl (C=O) groups is 1. The van der Waals surface area contributed by atoms with Crippen molar-refractivity contribution in [3.8, 4) is 11.5 Å². The molecule has 0 spiro atoms. The highest BCUT2D eigenvalue weighted by Crippen LogP contribution is 2.50. The quantitative estimate of drug-likeness (QED) is 0.723. The minimum Gasteiger partial charge on any atom is -0.455 e. The normalized spacial score (nSPS) is 37.8. The second-order valence-electron chi connectivity index (χ2n) is 7.01. The molecule has 1 N–H and O–H groups in total. The molecule has 6 heteroatoms. The number of aliphatic hydroxyl groups is 1. The Labute approximate surface area is 133 Å². The Bertz CT molecular complexity index is 690. The molecule has 1 saturated carbocycles. The Morgan fingerprint density at radius 3 is 2.87 bits per heavy atom. The number of carbonyl (C=O) groups excluding carboxylic acids is 1. The van der Waals surface area contributed by atoms with Gasteiger partial charge >= 0.3 is 5.97 Å². The van der Waals surface area contributed by atoms with Gasteiger partial charge < -0.3 is 24.2 Å². The third-order valence-electron chi connectivity index (χ3n) is 5.86. The number of rotatable bonds is 0. The lowest BCUT2D eigenvalue weighted by Crippen LogP contribution is -2.54. The van der Waals surface area contributed by atoms with Crippen LogP contribution in [0.1, 0.15) is 34.7 Å². The highest BCUT2D eigenvalue weighted by atomic mass is 16.7. The molecule has 1 aromatic rings. The summed E-state index contributed by atoms with van der Waals surface area (Å²) in [6, 6.07) is 3.92. The van der Waals surface area contributed by atoms with Crippen molar-refractivity contribution < 1.29 is 24.1 Å². The van der Waals surface area contributed by atoms with Gasteiger partial charge in [-0.15, -0.1) is 0 Å². The molecule has 1 aromatic carbocycles. The predicted molar refractivity (Wildman–Crippen MR) is 79.7 cm³/mol. The number of nitrogens with zero attached hydrogens (tertiary/aromatic N) is 1. The number of likely N-dealkylation sites (N-methyl/N-ethyl adjacent to an activating group) is 1. The largest absolute Gasteiger partial charge is 0.455 e. The first-order valence-corrected chi connectivity index (χ1v) is 8.16. The van der Waals surface area contributed by atoms with Crippen molar-refractivity contribution in [2.24, 2.45) is 5.92 Å². The summed E-state index contributed by atoms with van der Waals surface area (Å²) in [5, 5.41) is 10.5. The van der Waals surface area contributed by atoms with Gasteiger partial charge in [0.25, 0.3) is 0 Å². The summed E-state index contributed by atoms with van der Waals surface area (Å²) in [4.78, 5) is 14.8. The van der Waals surface area contributed by atoms with Crippen LogP contribution >= 0.6 is 0 Å². The van der Waals surface area contributed by atoms with Crippen LogP contribution in [0.5, 0.6) is 11.5 Å². The van der Waals surface area contributed by atoms with Gasteiger partial charge in [0.15, 0.2) is 11.5 Å². The van der Waals surface area contributed by atoms with Gasteiger partial charge in [0.05, 0.1) is 11.7 Å². The standard InChI is InChI=1S/C17H19NO5/c1-18-3-2-8-4-11(19)16-14(15(8)18)9-5-12-13(22-7-21-12)6-10(9)17(20)23-16/h5-6,8,11,14-16,19H,2-4,7H2,1H3/t8-,11-,14+,15-,16-/m1/s1. The summed E-state index contributed by atoms with van der Waals surface area (Å²) < 4.78 is 16.5. The maximum absolute atomic E-state index is 12.4. The van der Waals surface area contributed by atoms with Gasteiger partial charge in [-0.3, -0.25) is 0 Å². The Kier molecular flexibility index (Phi) is 2.73. The summed E-state index contributed by atoms with van der Waals surface area (Å²) in [5.74, 6) is 1.31. The van der Waals surface area contributed by atoms with Crippen LogP contribution in [0.4, 0.5) is 0 Å². The van der Waals surface area contributed by atoms with Gasteiger partial charge in [-0.25, -0.2) is 4.79 Å². The van der Waals surface area contributed by atoms with Crippen molar-refractivity contribution >= 4 is 5.97 Å². The van der Waals surface area contributed by atoms with Crippen LogP contribution in [0.3, 0.4) is 0 Å². The molecule has 0 amide bonds. The third kappa shape index (κ3) is 1.79. The number of ether oxygens (including phenoxy) is 3. The zero-order valence-electron chi connectivity index (χ0n) is 12.9. The molecule has 3 heterocycles. The highest BCUT2D eigenvalue weighted by molar-refractivity contribution is 5.94. The van der Waals surface area contributed by atoms with E-state index in [4.69, 9.17) is 14.2 Å². The molecule has 2 fully saturated rings. The van der Waals surface area contributed by atoms with Gasteiger partial charge in [-0.2, -0.15) is 0 Å². The summed E-state index contributed by atoms with van der Waals surface area (Å²) in [5.41, 5.74) is 1.47. The highest BCUT2D eigenvalue weighted by Gasteiger charge is 2.53. The van der Waals surface area contributed by atoms with Crippen molar-refractivity contribution in [2.75, 3.05) is 20.4 Å². The molecule has 3 aliphatic heterocycles. The number of benzene rings is 1. The number of hydrogen-bond acceptors (Lipinski definition) is 6. The van der Waals surface area contributed by atoms with E-state index in [9.17, 15) is 9.90 Å². The fourth-order valence-corrected chi connectivity index (χ4v) is 4.86. The topological polar surface area (TPSA) is 68.2 Å². The summed E-state index contributed by atoms with van der Waals surface area (Å²) in [6.07, 6.45) is 0.700. The SMILES string of the molecule is CN1CC[C@@H]2C[C@@H](O)[C@H]3OC(=O)c4cc5c(cc4[C@H]3[C@@H]21)OCO5. The summed E-state index contributed by atoms with van der Waals surface area (Å²) in [7, 11) is 2.11. The lowest BCUT2D eigenvalue weighted by Gasteiger charge is -2.47. The lowest BCUT2D eigenvalue weighted by atomic mass is 9.69. The Hall–Kier alpha value is -1.79. The number of aliphatic hydroxyl groups excluding tert-OH is 1. The molecule has 6 nitrogen and oxygen atoms in total. The Balaban J connectivity index is 1.68. The molecule has 1 aliphatic carbocycles. The first kappa shape index (κ1) is 13.6. The average molecular weight is 317 g/mol. The van der Waals surface area contributed by atoms with E-state index in [-0.39, 0.29) is 24.7 Å². The first-order chi connectivity index (χ1) is 11.1. The molecule has 0 aromatic heterocycles. The van der Waals surface area contributed by atoms with Crippen LogP contribution in [0.25, 0.3) is 0 Å². The first-order valence-electron chi connectivity index (χ1n) is 8.16. The van der Waals surface area contributed by atoms with Gasteiger partial charge in [-0.1, -0.05) is 0 Å². The van der Waals surface area contributed by atoms with Crippen LogP contribution in [0.2, 0.25) is 0 Å². The zero-order chi connectivity index (χ0) is 15.7. The van der Waals surface area contributed by atoms with Gasteiger partial charge in [-0.05, 0) is 50.0 Å². The molecule has 122 valence electrons. The monoisotopic (exact) mass is 317 g/mol. The van der Waals surface area contributed by atoms with Gasteiger partial charge in [0.1, 0.15) is 6.10 Å². The van der Waals surface area contributed by atoms with Crippen molar-refractivity contribution in [2.45, 2.75) is 37.0 Å². The lowest BCUT2D eigenvalue weighted by molar-refractivity contribution is -0.0778. The number of fused-ring (bicyclic) bond motifs is 6. The predicted octanol–water partition coefficient (Wildman–Crippen LogP) is 1.12. The second kappa shape index (κ2) is 4.61. The zero-order valence-corrected chi connectivity index (χ0v) is 12.9. The van der Waals surface area contributed by atoms with Crippen LogP contribution in [0.15, 0.2) is 12.1 Å². The fourth-order valence-electron chi connectivity index (χ4n) is 4.86. The minimum absolute atomic E-state index is 0.0153. The van der Waals surface area contributed by atoms with Crippen molar-refractivity contribution in [3.63, 3.8) is 0 Å². The molecule has 5 atom stereocenters. The number of esters is 1. The molecule has 0 bridgehead atoms. The van der Waals surface area contributed by atoms with E-state index < -0.39 is 12.2 Å². The number of hydrogen-bond donors (Lipinski definition) is 1. The molecule has 0 unspecified atom stereocenters. The second-order valence-corrected chi connectivity index (χ2v) is 7.01. The smallest absolute Gasteiger partial charge is 0.338 e. The molecule has 0 radical (unpaired) electrons. The van der Waals surface area contributed by atoms with Gasteiger partial charge in [0.2, 0.25) is 6.79 Å². The third-order valence-corrected chi connectivity index (χ3v) is 5.86. The maximum Gasteiger partial charge on any atom is 0.338 e. The Morgan fingerprint density at radius 2 is 2.04 bits per heavy atom. The van der Waals surface area contributed by atoms with E-state index in [1.165, 1.54) is 0 Å². The van der Waals surface area contributed by atoms with Crippen LogP contribution in [-0.2, 0) is 4.74 Å². The fraction of sp³-hybridized carbons (Fsp3) is 0.588. The van der Waals surface area contributed by atoms with E-state index in [2.05, 4.69) is 11.9 Å². The maximum atomic E-state index is 12.4. The van der Waals surface area contributed by atoms with Crippen LogP contribution in [0, 0.1) is 5.92 Å².